The van der Waals surface area contributed by atoms with Crippen molar-refractivity contribution >= 4 is 21.8 Å². The minimum atomic E-state index is -0.0152. The molecule has 0 N–H and O–H groups in total. The van der Waals surface area contributed by atoms with Gasteiger partial charge in [0.15, 0.2) is 0 Å². The first kappa shape index (κ1) is 20.3. The van der Waals surface area contributed by atoms with Crippen LogP contribution in [0.25, 0.3) is 49.7 Å². The third kappa shape index (κ3) is 2.82. The van der Waals surface area contributed by atoms with Crippen LogP contribution >= 0.6 is 0 Å². The lowest BCUT2D eigenvalue weighted by molar-refractivity contribution is 0.660. The molecule has 0 radical (unpaired) electrons. The summed E-state index contributed by atoms with van der Waals surface area (Å²) in [5.74, 6) is 0. The van der Waals surface area contributed by atoms with Crippen molar-refractivity contribution < 1.29 is 0 Å². The van der Waals surface area contributed by atoms with E-state index in [-0.39, 0.29) is 5.41 Å². The highest BCUT2D eigenvalue weighted by atomic mass is 15.0. The lowest BCUT2D eigenvalue weighted by Gasteiger charge is -2.22. The SMILES string of the molecule is Cc1ccc2c(c1)C(C)(C)c1cc(-c3cccc4c3c3ccccc3n4-c3ccccc3)ccc1-2. The van der Waals surface area contributed by atoms with Crippen LogP contribution in [-0.2, 0) is 5.41 Å². The number of aromatic nitrogens is 1. The molecule has 1 nitrogen and oxygen atoms in total. The summed E-state index contributed by atoms with van der Waals surface area (Å²) in [5.41, 5.74) is 13.1. The van der Waals surface area contributed by atoms with Gasteiger partial charge in [0.25, 0.3) is 0 Å². The molecular weight excluding hydrogens is 422 g/mol. The Morgan fingerprint density at radius 3 is 2.09 bits per heavy atom. The smallest absolute Gasteiger partial charge is 0.0547 e. The summed E-state index contributed by atoms with van der Waals surface area (Å²) in [4.78, 5) is 0. The first-order chi connectivity index (χ1) is 17.0. The number of benzene rings is 5. The van der Waals surface area contributed by atoms with Gasteiger partial charge in [-0.2, -0.15) is 0 Å². The van der Waals surface area contributed by atoms with Gasteiger partial charge in [-0.25, -0.2) is 0 Å². The van der Waals surface area contributed by atoms with Crippen molar-refractivity contribution in [2.75, 3.05) is 0 Å². The number of aryl methyl sites for hydroxylation is 1. The maximum Gasteiger partial charge on any atom is 0.0547 e. The van der Waals surface area contributed by atoms with E-state index >= 15 is 0 Å². The van der Waals surface area contributed by atoms with Crippen molar-refractivity contribution in [1.29, 1.82) is 0 Å². The molecule has 7 rings (SSSR count). The van der Waals surface area contributed by atoms with Crippen LogP contribution in [0.2, 0.25) is 0 Å². The predicted molar refractivity (Wildman–Crippen MR) is 149 cm³/mol. The predicted octanol–water partition coefficient (Wildman–Crippen LogP) is 9.07. The summed E-state index contributed by atoms with van der Waals surface area (Å²) < 4.78 is 2.39. The van der Waals surface area contributed by atoms with E-state index in [1.54, 1.807) is 0 Å². The molecule has 168 valence electrons. The minimum absolute atomic E-state index is 0.0152. The van der Waals surface area contributed by atoms with Crippen molar-refractivity contribution in [2.24, 2.45) is 0 Å². The van der Waals surface area contributed by atoms with Crippen LogP contribution in [-0.4, -0.2) is 4.57 Å². The van der Waals surface area contributed by atoms with Gasteiger partial charge in [-0.15, -0.1) is 0 Å². The Morgan fingerprint density at radius 1 is 0.571 bits per heavy atom. The molecule has 0 spiro atoms. The van der Waals surface area contributed by atoms with Crippen molar-refractivity contribution in [1.82, 2.24) is 4.57 Å². The molecule has 0 saturated heterocycles. The molecule has 0 atom stereocenters. The van der Waals surface area contributed by atoms with Crippen molar-refractivity contribution in [2.45, 2.75) is 26.2 Å². The number of rotatable bonds is 2. The molecule has 1 heterocycles. The second-order valence-corrected chi connectivity index (χ2v) is 10.3. The highest BCUT2D eigenvalue weighted by Crippen LogP contribution is 2.50. The van der Waals surface area contributed by atoms with Gasteiger partial charge >= 0.3 is 0 Å². The Morgan fingerprint density at radius 2 is 1.26 bits per heavy atom. The van der Waals surface area contributed by atoms with E-state index in [2.05, 4.69) is 135 Å². The fourth-order valence-electron chi connectivity index (χ4n) is 6.13. The first-order valence-electron chi connectivity index (χ1n) is 12.4. The fourth-order valence-corrected chi connectivity index (χ4v) is 6.13. The van der Waals surface area contributed by atoms with E-state index in [0.717, 1.165) is 0 Å². The molecule has 1 aliphatic carbocycles. The molecule has 0 saturated carbocycles. The van der Waals surface area contributed by atoms with E-state index in [0.29, 0.717) is 0 Å². The minimum Gasteiger partial charge on any atom is -0.309 e. The molecule has 5 aromatic carbocycles. The number of para-hydroxylation sites is 2. The van der Waals surface area contributed by atoms with Gasteiger partial charge in [-0.05, 0) is 70.6 Å². The van der Waals surface area contributed by atoms with Crippen LogP contribution in [0, 0.1) is 6.92 Å². The van der Waals surface area contributed by atoms with Gasteiger partial charge in [-0.1, -0.05) is 98.3 Å². The van der Waals surface area contributed by atoms with E-state index in [1.165, 1.54) is 66.4 Å². The van der Waals surface area contributed by atoms with Crippen molar-refractivity contribution in [3.05, 3.63) is 126 Å². The summed E-state index contributed by atoms with van der Waals surface area (Å²) in [7, 11) is 0. The number of fused-ring (bicyclic) bond motifs is 6. The van der Waals surface area contributed by atoms with Gasteiger partial charge in [0.1, 0.15) is 0 Å². The van der Waals surface area contributed by atoms with E-state index in [1.807, 2.05) is 0 Å². The van der Waals surface area contributed by atoms with Crippen LogP contribution in [0.15, 0.2) is 109 Å². The third-order valence-corrected chi connectivity index (χ3v) is 7.85. The highest BCUT2D eigenvalue weighted by Gasteiger charge is 2.35. The van der Waals surface area contributed by atoms with Gasteiger partial charge in [0, 0.05) is 21.9 Å². The monoisotopic (exact) mass is 449 g/mol. The number of nitrogens with zero attached hydrogens (tertiary/aromatic N) is 1. The Bertz CT molecular complexity index is 1770. The maximum absolute atomic E-state index is 2.44. The quantitative estimate of drug-likeness (QED) is 0.248. The molecule has 0 bridgehead atoms. The van der Waals surface area contributed by atoms with Crippen LogP contribution in [0.1, 0.15) is 30.5 Å². The summed E-state index contributed by atoms with van der Waals surface area (Å²) in [6.07, 6.45) is 0. The maximum atomic E-state index is 2.44. The molecule has 1 heteroatoms. The molecule has 0 amide bonds. The molecular formula is C34H27N. The number of hydrogen-bond acceptors (Lipinski definition) is 0. The molecule has 0 aliphatic heterocycles. The summed E-state index contributed by atoms with van der Waals surface area (Å²) in [6, 6.07) is 40.2. The second-order valence-electron chi connectivity index (χ2n) is 10.3. The van der Waals surface area contributed by atoms with E-state index < -0.39 is 0 Å². The van der Waals surface area contributed by atoms with Crippen LogP contribution in [0.5, 0.6) is 0 Å². The van der Waals surface area contributed by atoms with Crippen LogP contribution in [0.4, 0.5) is 0 Å². The highest BCUT2D eigenvalue weighted by molar-refractivity contribution is 6.15. The van der Waals surface area contributed by atoms with Crippen LogP contribution in [0.3, 0.4) is 0 Å². The van der Waals surface area contributed by atoms with Gasteiger partial charge in [-0.3, -0.25) is 0 Å². The lowest BCUT2D eigenvalue weighted by Crippen LogP contribution is -2.15. The standard InChI is InChI=1S/C34H27N/c1-22-16-18-26-27-19-17-23(21-30(27)34(2,3)29(26)20-22)25-13-9-15-32-33(25)28-12-7-8-14-31(28)35(32)24-10-5-4-6-11-24/h4-21H,1-3H3. The Balaban J connectivity index is 1.51. The van der Waals surface area contributed by atoms with Gasteiger partial charge in [0.05, 0.1) is 11.0 Å². The molecule has 6 aromatic rings. The zero-order valence-corrected chi connectivity index (χ0v) is 20.3. The zero-order valence-electron chi connectivity index (χ0n) is 20.3. The topological polar surface area (TPSA) is 4.93 Å². The molecule has 1 aromatic heterocycles. The average Bonchev–Trinajstić information content (AvgIpc) is 3.34. The molecule has 1 aliphatic rings. The Kier molecular flexibility index (Phi) is 4.17. The van der Waals surface area contributed by atoms with Gasteiger partial charge < -0.3 is 4.57 Å². The first-order valence-corrected chi connectivity index (χ1v) is 12.4. The number of hydrogen-bond donors (Lipinski definition) is 0. The summed E-state index contributed by atoms with van der Waals surface area (Å²) in [5, 5.41) is 2.61. The van der Waals surface area contributed by atoms with E-state index in [9.17, 15) is 0 Å². The third-order valence-electron chi connectivity index (χ3n) is 7.85. The summed E-state index contributed by atoms with van der Waals surface area (Å²) >= 11 is 0. The van der Waals surface area contributed by atoms with Crippen molar-refractivity contribution in [3.8, 4) is 27.9 Å². The summed E-state index contributed by atoms with van der Waals surface area (Å²) in [6.45, 7) is 6.92. The fraction of sp³-hybridized carbons (Fsp3) is 0.118. The van der Waals surface area contributed by atoms with Crippen LogP contribution < -0.4 is 0 Å². The van der Waals surface area contributed by atoms with Crippen molar-refractivity contribution in [3.63, 3.8) is 0 Å². The zero-order chi connectivity index (χ0) is 23.7. The lowest BCUT2D eigenvalue weighted by atomic mass is 9.81. The average molecular weight is 450 g/mol. The van der Waals surface area contributed by atoms with E-state index in [4.69, 9.17) is 0 Å². The normalized spacial score (nSPS) is 13.8. The molecule has 0 unspecified atom stereocenters. The Labute approximate surface area is 206 Å². The second kappa shape index (κ2) is 7.20. The van der Waals surface area contributed by atoms with Gasteiger partial charge in [0.2, 0.25) is 0 Å². The molecule has 35 heavy (non-hydrogen) atoms. The largest absolute Gasteiger partial charge is 0.309 e. The molecule has 0 fully saturated rings. The Hall–Kier alpha value is -4.10.